The fourth-order valence-electron chi connectivity index (χ4n) is 1.86. The Morgan fingerprint density at radius 3 is 2.47 bits per heavy atom. The Balaban J connectivity index is 2.20. The predicted molar refractivity (Wildman–Crippen MR) is 86.7 cm³/mol. The van der Waals surface area contributed by atoms with Crippen molar-refractivity contribution in [2.24, 2.45) is 0 Å². The molecule has 0 heterocycles. The summed E-state index contributed by atoms with van der Waals surface area (Å²) in [7, 11) is 0. The largest absolute Gasteiger partial charge is 0.388 e. The molecular formula is C15H13Br2ClO. The average Bonchev–Trinajstić information content (AvgIpc) is 2.36. The molecule has 19 heavy (non-hydrogen) atoms. The first-order valence-electron chi connectivity index (χ1n) is 5.85. The van der Waals surface area contributed by atoms with Crippen molar-refractivity contribution in [3.8, 4) is 0 Å². The molecule has 0 fully saturated rings. The highest BCUT2D eigenvalue weighted by Crippen LogP contribution is 2.29. The van der Waals surface area contributed by atoms with Crippen molar-refractivity contribution < 1.29 is 5.11 Å². The number of halogens is 3. The number of aryl methyl sites for hydroxylation is 1. The minimum absolute atomic E-state index is 0.507. The molecule has 0 spiro atoms. The van der Waals surface area contributed by atoms with Crippen molar-refractivity contribution in [3.05, 3.63) is 67.1 Å². The van der Waals surface area contributed by atoms with Crippen LogP contribution in [0.5, 0.6) is 0 Å². The van der Waals surface area contributed by atoms with Crippen LogP contribution in [0.1, 0.15) is 22.8 Å². The van der Waals surface area contributed by atoms with Crippen LogP contribution in [-0.4, -0.2) is 5.11 Å². The lowest BCUT2D eigenvalue weighted by atomic mass is 10.0. The van der Waals surface area contributed by atoms with Gasteiger partial charge in [-0.3, -0.25) is 0 Å². The van der Waals surface area contributed by atoms with Gasteiger partial charge >= 0.3 is 0 Å². The molecule has 0 amide bonds. The van der Waals surface area contributed by atoms with Crippen molar-refractivity contribution in [3.63, 3.8) is 0 Å². The molecule has 0 saturated carbocycles. The highest BCUT2D eigenvalue weighted by atomic mass is 79.9. The standard InChI is InChI=1S/C15H13Br2ClO/c1-9-2-3-10(14(18)6-9)8-15(19)11-4-5-12(16)13(17)7-11/h2-7,15,19H,8H2,1H3. The van der Waals surface area contributed by atoms with Gasteiger partial charge in [-0.25, -0.2) is 0 Å². The number of aliphatic hydroxyl groups is 1. The van der Waals surface area contributed by atoms with Gasteiger partial charge in [-0.15, -0.1) is 0 Å². The normalized spacial score (nSPS) is 12.5. The number of rotatable bonds is 3. The molecule has 0 aromatic heterocycles. The number of benzene rings is 2. The van der Waals surface area contributed by atoms with Crippen molar-refractivity contribution in [1.82, 2.24) is 0 Å². The summed E-state index contributed by atoms with van der Waals surface area (Å²) in [6.07, 6.45) is -0.0581. The van der Waals surface area contributed by atoms with Gasteiger partial charge in [0.15, 0.2) is 0 Å². The minimum Gasteiger partial charge on any atom is -0.388 e. The van der Waals surface area contributed by atoms with Gasteiger partial charge in [0.05, 0.1) is 6.10 Å². The van der Waals surface area contributed by atoms with E-state index in [9.17, 15) is 5.11 Å². The second-order valence-corrected chi connectivity index (χ2v) is 6.60. The van der Waals surface area contributed by atoms with Gasteiger partial charge in [-0.1, -0.05) is 29.8 Å². The van der Waals surface area contributed by atoms with Crippen LogP contribution in [0.25, 0.3) is 0 Å². The number of hydrogen-bond acceptors (Lipinski definition) is 1. The summed E-state index contributed by atoms with van der Waals surface area (Å²) in [6.45, 7) is 2.00. The molecule has 0 aliphatic carbocycles. The fourth-order valence-corrected chi connectivity index (χ4v) is 2.82. The van der Waals surface area contributed by atoms with E-state index in [0.717, 1.165) is 25.6 Å². The smallest absolute Gasteiger partial charge is 0.0831 e. The van der Waals surface area contributed by atoms with Gasteiger partial charge in [-0.05, 0) is 73.7 Å². The molecule has 1 unspecified atom stereocenters. The molecule has 0 saturated heterocycles. The van der Waals surface area contributed by atoms with Crippen LogP contribution < -0.4 is 0 Å². The van der Waals surface area contributed by atoms with Gasteiger partial charge < -0.3 is 5.11 Å². The second-order valence-electron chi connectivity index (χ2n) is 4.49. The summed E-state index contributed by atoms with van der Waals surface area (Å²) in [5, 5.41) is 11.0. The van der Waals surface area contributed by atoms with Crippen LogP contribution in [0.15, 0.2) is 45.3 Å². The van der Waals surface area contributed by atoms with E-state index >= 15 is 0 Å². The van der Waals surface area contributed by atoms with Gasteiger partial charge in [-0.2, -0.15) is 0 Å². The van der Waals surface area contributed by atoms with Crippen LogP contribution in [0, 0.1) is 6.92 Å². The monoisotopic (exact) mass is 402 g/mol. The third-order valence-corrected chi connectivity index (χ3v) is 5.18. The third-order valence-electron chi connectivity index (χ3n) is 2.95. The third kappa shape index (κ3) is 3.82. The Morgan fingerprint density at radius 2 is 1.84 bits per heavy atom. The number of aliphatic hydroxyl groups excluding tert-OH is 1. The van der Waals surface area contributed by atoms with Crippen LogP contribution in [0.3, 0.4) is 0 Å². The van der Waals surface area contributed by atoms with Gasteiger partial charge in [0.25, 0.3) is 0 Å². The molecule has 100 valence electrons. The van der Waals surface area contributed by atoms with Gasteiger partial charge in [0, 0.05) is 20.4 Å². The van der Waals surface area contributed by atoms with E-state index in [2.05, 4.69) is 31.9 Å². The average molecular weight is 405 g/mol. The maximum absolute atomic E-state index is 10.3. The Bertz CT molecular complexity index is 599. The SMILES string of the molecule is Cc1ccc(CC(O)c2ccc(Br)c(Br)c2)c(Cl)c1. The first-order chi connectivity index (χ1) is 8.97. The van der Waals surface area contributed by atoms with E-state index < -0.39 is 6.10 Å². The summed E-state index contributed by atoms with van der Waals surface area (Å²) < 4.78 is 1.90. The van der Waals surface area contributed by atoms with E-state index in [1.165, 1.54) is 0 Å². The van der Waals surface area contributed by atoms with Crippen LogP contribution in [0.4, 0.5) is 0 Å². The molecule has 0 radical (unpaired) electrons. The van der Waals surface area contributed by atoms with E-state index in [0.29, 0.717) is 11.4 Å². The lowest BCUT2D eigenvalue weighted by Crippen LogP contribution is -2.02. The summed E-state index contributed by atoms with van der Waals surface area (Å²) in [5.41, 5.74) is 2.94. The Morgan fingerprint density at radius 1 is 1.11 bits per heavy atom. The van der Waals surface area contributed by atoms with Crippen molar-refractivity contribution >= 4 is 43.5 Å². The number of hydrogen-bond donors (Lipinski definition) is 1. The van der Waals surface area contributed by atoms with Crippen LogP contribution >= 0.6 is 43.5 Å². The highest BCUT2D eigenvalue weighted by molar-refractivity contribution is 9.13. The Hall–Kier alpha value is -0.350. The quantitative estimate of drug-likeness (QED) is 0.721. The molecule has 4 heteroatoms. The Kier molecular flexibility index (Phi) is 5.07. The molecule has 0 aliphatic heterocycles. The Labute approximate surface area is 134 Å². The van der Waals surface area contributed by atoms with E-state index in [1.807, 2.05) is 43.3 Å². The first-order valence-corrected chi connectivity index (χ1v) is 7.82. The summed E-state index contributed by atoms with van der Waals surface area (Å²) >= 11 is 13.0. The summed E-state index contributed by atoms with van der Waals surface area (Å²) in [6, 6.07) is 11.6. The van der Waals surface area contributed by atoms with Crippen molar-refractivity contribution in [2.75, 3.05) is 0 Å². The molecule has 2 rings (SSSR count). The van der Waals surface area contributed by atoms with Gasteiger partial charge in [0.2, 0.25) is 0 Å². The second kappa shape index (κ2) is 6.40. The zero-order chi connectivity index (χ0) is 14.0. The van der Waals surface area contributed by atoms with Crippen molar-refractivity contribution in [2.45, 2.75) is 19.4 Å². The molecule has 1 nitrogen and oxygen atoms in total. The molecule has 2 aromatic rings. The highest BCUT2D eigenvalue weighted by Gasteiger charge is 2.12. The van der Waals surface area contributed by atoms with Crippen LogP contribution in [-0.2, 0) is 6.42 Å². The van der Waals surface area contributed by atoms with E-state index in [1.54, 1.807) is 0 Å². The van der Waals surface area contributed by atoms with Crippen LogP contribution in [0.2, 0.25) is 5.02 Å². The van der Waals surface area contributed by atoms with Crippen molar-refractivity contribution in [1.29, 1.82) is 0 Å². The maximum atomic E-state index is 10.3. The minimum atomic E-state index is -0.565. The maximum Gasteiger partial charge on any atom is 0.0831 e. The topological polar surface area (TPSA) is 20.2 Å². The summed E-state index contributed by atoms with van der Waals surface area (Å²) in [4.78, 5) is 0. The lowest BCUT2D eigenvalue weighted by Gasteiger charge is -2.13. The molecular weight excluding hydrogens is 391 g/mol. The van der Waals surface area contributed by atoms with E-state index in [4.69, 9.17) is 11.6 Å². The predicted octanol–water partition coefficient (Wildman–Crippen LogP) is 5.45. The molecule has 2 aromatic carbocycles. The fraction of sp³-hybridized carbons (Fsp3) is 0.200. The van der Waals surface area contributed by atoms with E-state index in [-0.39, 0.29) is 0 Å². The molecule has 1 N–H and O–H groups in total. The zero-order valence-corrected chi connectivity index (χ0v) is 14.3. The first kappa shape index (κ1) is 15.0. The zero-order valence-electron chi connectivity index (χ0n) is 10.3. The van der Waals surface area contributed by atoms with Gasteiger partial charge in [0.1, 0.15) is 0 Å². The lowest BCUT2D eigenvalue weighted by molar-refractivity contribution is 0.178. The molecule has 0 bridgehead atoms. The molecule has 0 aliphatic rings. The summed E-state index contributed by atoms with van der Waals surface area (Å²) in [5.74, 6) is 0. The molecule has 1 atom stereocenters.